The fourth-order valence-electron chi connectivity index (χ4n) is 3.61. The summed E-state index contributed by atoms with van der Waals surface area (Å²) in [6, 6.07) is 8.39. The number of rotatable bonds is 4. The van der Waals surface area contributed by atoms with Gasteiger partial charge < -0.3 is 0 Å². The third kappa shape index (κ3) is 3.46. The van der Waals surface area contributed by atoms with Crippen molar-refractivity contribution in [3.8, 4) is 10.4 Å². The molecule has 0 atom stereocenters. The van der Waals surface area contributed by atoms with Crippen molar-refractivity contribution in [1.82, 2.24) is 4.31 Å². The summed E-state index contributed by atoms with van der Waals surface area (Å²) in [7, 11) is 1.95. The molecule has 3 rings (SSSR count). The minimum Gasteiger partial charge on any atom is -0.294 e. The predicted octanol–water partition coefficient (Wildman–Crippen LogP) is 5.41. The normalized spacial score (nSPS) is 16.2. The summed E-state index contributed by atoms with van der Waals surface area (Å²) in [5, 5.41) is 0. The van der Waals surface area contributed by atoms with E-state index in [0.29, 0.717) is 0 Å². The Hall–Kier alpha value is -1.10. The molecule has 24 heavy (non-hydrogen) atoms. The third-order valence-electron chi connectivity index (χ3n) is 4.79. The van der Waals surface area contributed by atoms with Gasteiger partial charge in [0.15, 0.2) is 5.78 Å². The summed E-state index contributed by atoms with van der Waals surface area (Å²) in [5.41, 5.74) is 4.93. The van der Waals surface area contributed by atoms with E-state index >= 15 is 0 Å². The monoisotopic (exact) mass is 359 g/mol. The topological polar surface area (TPSA) is 20.3 Å². The summed E-state index contributed by atoms with van der Waals surface area (Å²) in [4.78, 5) is 15.1. The molecule has 0 N–H and O–H groups in total. The largest absolute Gasteiger partial charge is 0.294 e. The summed E-state index contributed by atoms with van der Waals surface area (Å²) >= 11 is 6.22. The number of carbonyl (C=O) groups excluding carboxylic acids is 1. The molecule has 0 bridgehead atoms. The summed E-state index contributed by atoms with van der Waals surface area (Å²) in [6.07, 6.45) is 3.28. The van der Waals surface area contributed by atoms with E-state index in [1.807, 2.05) is 22.7 Å². The van der Waals surface area contributed by atoms with Crippen LogP contribution in [0.5, 0.6) is 0 Å². The highest BCUT2D eigenvalue weighted by molar-refractivity contribution is 7.77. The lowest BCUT2D eigenvalue weighted by Gasteiger charge is -2.29. The lowest BCUT2D eigenvalue weighted by molar-refractivity contribution is 0.101. The van der Waals surface area contributed by atoms with Gasteiger partial charge in [-0.25, -0.2) is 0 Å². The van der Waals surface area contributed by atoms with Crippen molar-refractivity contribution in [1.29, 1.82) is 0 Å². The SMILES string of the molecule is CC(=O)c1c(-c2ccccc2CN(C)S)sc2c1CC(C)(C)CC2. The van der Waals surface area contributed by atoms with E-state index in [1.54, 1.807) is 6.92 Å². The Bertz CT molecular complexity index is 774. The molecule has 1 aliphatic carbocycles. The molecule has 0 unspecified atom stereocenters. The van der Waals surface area contributed by atoms with Gasteiger partial charge in [-0.05, 0) is 55.3 Å². The number of carbonyl (C=O) groups is 1. The predicted molar refractivity (Wildman–Crippen MR) is 106 cm³/mol. The Kier molecular flexibility index (Phi) is 4.92. The van der Waals surface area contributed by atoms with Gasteiger partial charge in [0.05, 0.1) is 0 Å². The molecule has 1 aromatic carbocycles. The summed E-state index contributed by atoms with van der Waals surface area (Å²) < 4.78 is 1.88. The van der Waals surface area contributed by atoms with Gasteiger partial charge in [0.1, 0.15) is 0 Å². The lowest BCUT2D eigenvalue weighted by Crippen LogP contribution is -2.22. The zero-order valence-corrected chi connectivity index (χ0v) is 16.6. The number of hydrogen-bond donors (Lipinski definition) is 1. The van der Waals surface area contributed by atoms with Crippen LogP contribution in [-0.2, 0) is 19.4 Å². The van der Waals surface area contributed by atoms with E-state index in [-0.39, 0.29) is 11.2 Å². The molecule has 0 fully saturated rings. The van der Waals surface area contributed by atoms with Crippen molar-refractivity contribution < 1.29 is 4.79 Å². The first-order valence-corrected chi connectivity index (χ1v) is 9.64. The van der Waals surface area contributed by atoms with E-state index in [1.165, 1.54) is 28.0 Å². The highest BCUT2D eigenvalue weighted by atomic mass is 32.1. The van der Waals surface area contributed by atoms with Crippen LogP contribution >= 0.6 is 24.2 Å². The van der Waals surface area contributed by atoms with E-state index in [9.17, 15) is 4.79 Å². The molecule has 2 aromatic rings. The number of ketones is 1. The van der Waals surface area contributed by atoms with Crippen LogP contribution in [0.4, 0.5) is 0 Å². The van der Waals surface area contributed by atoms with Gasteiger partial charge in [-0.1, -0.05) is 50.9 Å². The Morgan fingerprint density at radius 3 is 2.71 bits per heavy atom. The van der Waals surface area contributed by atoms with Crippen molar-refractivity contribution in [2.24, 2.45) is 5.41 Å². The van der Waals surface area contributed by atoms with Crippen LogP contribution in [0.2, 0.25) is 0 Å². The smallest absolute Gasteiger partial charge is 0.161 e. The number of thiol groups is 1. The average Bonchev–Trinajstić information content (AvgIpc) is 2.84. The van der Waals surface area contributed by atoms with Gasteiger partial charge in [-0.2, -0.15) is 0 Å². The summed E-state index contributed by atoms with van der Waals surface area (Å²) in [6.45, 7) is 7.08. The van der Waals surface area contributed by atoms with Crippen molar-refractivity contribution in [2.45, 2.75) is 46.6 Å². The van der Waals surface area contributed by atoms with Crippen molar-refractivity contribution in [3.05, 3.63) is 45.8 Å². The second-order valence-corrected chi connectivity index (χ2v) is 9.37. The number of aryl methyl sites for hydroxylation is 1. The maximum Gasteiger partial charge on any atom is 0.161 e. The number of Topliss-reactive ketones (excluding diaryl/α,β-unsaturated/α-hetero) is 1. The van der Waals surface area contributed by atoms with E-state index in [4.69, 9.17) is 0 Å². The maximum atomic E-state index is 12.5. The Balaban J connectivity index is 2.17. The highest BCUT2D eigenvalue weighted by Gasteiger charge is 2.32. The molecule has 0 saturated carbocycles. The molecule has 128 valence electrons. The minimum atomic E-state index is 0.189. The van der Waals surface area contributed by atoms with Gasteiger partial charge in [-0.15, -0.1) is 11.3 Å². The van der Waals surface area contributed by atoms with Crippen LogP contribution in [-0.4, -0.2) is 17.1 Å². The molecule has 0 saturated heterocycles. The van der Waals surface area contributed by atoms with Gasteiger partial charge in [0, 0.05) is 21.9 Å². The molecule has 2 nitrogen and oxygen atoms in total. The zero-order chi connectivity index (χ0) is 17.5. The molecule has 0 radical (unpaired) electrons. The van der Waals surface area contributed by atoms with Gasteiger partial charge >= 0.3 is 0 Å². The average molecular weight is 360 g/mol. The first kappa shape index (κ1) is 17.7. The Morgan fingerprint density at radius 2 is 2.04 bits per heavy atom. The number of hydrogen-bond acceptors (Lipinski definition) is 4. The van der Waals surface area contributed by atoms with Gasteiger partial charge in [0.25, 0.3) is 0 Å². The van der Waals surface area contributed by atoms with Crippen molar-refractivity contribution in [2.75, 3.05) is 7.05 Å². The van der Waals surface area contributed by atoms with Crippen molar-refractivity contribution in [3.63, 3.8) is 0 Å². The molecule has 0 spiro atoms. The molecular weight excluding hydrogens is 334 g/mol. The second-order valence-electron chi connectivity index (χ2n) is 7.58. The molecule has 0 amide bonds. The maximum absolute atomic E-state index is 12.5. The zero-order valence-electron chi connectivity index (χ0n) is 14.8. The van der Waals surface area contributed by atoms with E-state index < -0.39 is 0 Å². The van der Waals surface area contributed by atoms with Crippen LogP contribution in [0.15, 0.2) is 24.3 Å². The van der Waals surface area contributed by atoms with Crippen LogP contribution in [0.25, 0.3) is 10.4 Å². The number of nitrogens with zero attached hydrogens (tertiary/aromatic N) is 1. The minimum absolute atomic E-state index is 0.189. The third-order valence-corrected chi connectivity index (χ3v) is 6.25. The van der Waals surface area contributed by atoms with Gasteiger partial charge in [0.2, 0.25) is 0 Å². The first-order chi connectivity index (χ1) is 11.3. The van der Waals surface area contributed by atoms with Crippen LogP contribution in [0.1, 0.15) is 53.6 Å². The number of thiophene rings is 1. The molecule has 0 aliphatic heterocycles. The van der Waals surface area contributed by atoms with E-state index in [0.717, 1.165) is 29.8 Å². The first-order valence-electron chi connectivity index (χ1n) is 8.42. The Morgan fingerprint density at radius 1 is 1.33 bits per heavy atom. The second kappa shape index (κ2) is 6.66. The molecule has 1 aromatic heterocycles. The van der Waals surface area contributed by atoms with Crippen molar-refractivity contribution >= 4 is 29.9 Å². The van der Waals surface area contributed by atoms with Crippen LogP contribution in [0.3, 0.4) is 0 Å². The van der Waals surface area contributed by atoms with Crippen LogP contribution in [0, 0.1) is 5.41 Å². The standard InChI is InChI=1S/C20H25NOS2/c1-13(22)18-16-11-20(2,3)10-9-17(16)24-19(18)15-8-6-5-7-14(15)12-21(4)23/h5-8,23H,9-12H2,1-4H3. The fraction of sp³-hybridized carbons (Fsp3) is 0.450. The number of benzene rings is 1. The lowest BCUT2D eigenvalue weighted by atomic mass is 9.75. The Labute approximate surface area is 154 Å². The number of fused-ring (bicyclic) bond motifs is 1. The highest BCUT2D eigenvalue weighted by Crippen LogP contribution is 2.46. The fourth-order valence-corrected chi connectivity index (χ4v) is 5.19. The molecule has 4 heteroatoms. The van der Waals surface area contributed by atoms with E-state index in [2.05, 4.69) is 50.9 Å². The molecule has 1 heterocycles. The summed E-state index contributed by atoms with van der Waals surface area (Å²) in [5.74, 6) is 0.189. The van der Waals surface area contributed by atoms with Crippen LogP contribution < -0.4 is 0 Å². The molecule has 1 aliphatic rings. The molecular formula is C20H25NOS2. The quantitative estimate of drug-likeness (QED) is 0.582. The van der Waals surface area contributed by atoms with Gasteiger partial charge in [-0.3, -0.25) is 9.10 Å².